The standard InChI is InChI=1S/C15H20ClN3O2/c16-12-7-3-2-6-11(12)13(18-15(17)21)10-14(20)19-8-4-1-5-9-19/h2-3,6-7,13H,1,4-5,8-10H2,(H3,17,18,21)/t13-/m0/s1. The van der Waals surface area contributed by atoms with Crippen molar-refractivity contribution in [2.45, 2.75) is 31.7 Å². The van der Waals surface area contributed by atoms with Gasteiger partial charge in [0.05, 0.1) is 12.5 Å². The van der Waals surface area contributed by atoms with Crippen molar-refractivity contribution < 1.29 is 9.59 Å². The van der Waals surface area contributed by atoms with Gasteiger partial charge in [-0.15, -0.1) is 0 Å². The Labute approximate surface area is 129 Å². The first-order valence-electron chi connectivity index (χ1n) is 7.16. The van der Waals surface area contributed by atoms with Gasteiger partial charge in [-0.2, -0.15) is 0 Å². The van der Waals surface area contributed by atoms with E-state index in [1.165, 1.54) is 0 Å². The van der Waals surface area contributed by atoms with Gasteiger partial charge in [0.1, 0.15) is 0 Å². The number of nitrogens with one attached hydrogen (secondary N) is 1. The van der Waals surface area contributed by atoms with Crippen LogP contribution in [0.15, 0.2) is 24.3 Å². The summed E-state index contributed by atoms with van der Waals surface area (Å²) in [6.07, 6.45) is 3.40. The van der Waals surface area contributed by atoms with E-state index in [9.17, 15) is 9.59 Å². The van der Waals surface area contributed by atoms with Gasteiger partial charge >= 0.3 is 6.03 Å². The molecule has 114 valence electrons. The molecule has 1 heterocycles. The molecular weight excluding hydrogens is 290 g/mol. The molecule has 1 aromatic carbocycles. The molecule has 0 saturated carbocycles. The number of nitrogens with zero attached hydrogens (tertiary/aromatic N) is 1. The molecule has 1 aromatic rings. The fourth-order valence-corrected chi connectivity index (χ4v) is 2.88. The first-order valence-corrected chi connectivity index (χ1v) is 7.54. The van der Waals surface area contributed by atoms with Gasteiger partial charge < -0.3 is 16.0 Å². The number of likely N-dealkylation sites (tertiary alicyclic amines) is 1. The van der Waals surface area contributed by atoms with Crippen molar-refractivity contribution in [3.05, 3.63) is 34.9 Å². The third kappa shape index (κ3) is 4.36. The second-order valence-electron chi connectivity index (χ2n) is 5.23. The highest BCUT2D eigenvalue weighted by atomic mass is 35.5. The fourth-order valence-electron chi connectivity index (χ4n) is 2.62. The lowest BCUT2D eigenvalue weighted by Crippen LogP contribution is -2.40. The van der Waals surface area contributed by atoms with Crippen LogP contribution in [0.4, 0.5) is 4.79 Å². The number of rotatable bonds is 4. The number of halogens is 1. The molecule has 1 saturated heterocycles. The van der Waals surface area contributed by atoms with Crippen LogP contribution in [0.25, 0.3) is 0 Å². The van der Waals surface area contributed by atoms with Crippen LogP contribution in [0.5, 0.6) is 0 Å². The normalized spacial score (nSPS) is 16.3. The zero-order chi connectivity index (χ0) is 15.2. The van der Waals surface area contributed by atoms with E-state index < -0.39 is 12.1 Å². The van der Waals surface area contributed by atoms with Crippen molar-refractivity contribution >= 4 is 23.5 Å². The summed E-state index contributed by atoms with van der Waals surface area (Å²) in [6.45, 7) is 1.56. The van der Waals surface area contributed by atoms with Gasteiger partial charge in [0.15, 0.2) is 0 Å². The first kappa shape index (κ1) is 15.6. The maximum atomic E-state index is 12.4. The smallest absolute Gasteiger partial charge is 0.312 e. The van der Waals surface area contributed by atoms with Crippen molar-refractivity contribution in [1.82, 2.24) is 10.2 Å². The minimum atomic E-state index is -0.661. The second kappa shape index (κ2) is 7.31. The molecule has 1 fully saturated rings. The predicted molar refractivity (Wildman–Crippen MR) is 82.0 cm³/mol. The molecule has 21 heavy (non-hydrogen) atoms. The Kier molecular flexibility index (Phi) is 5.44. The first-order chi connectivity index (χ1) is 10.1. The highest BCUT2D eigenvalue weighted by Crippen LogP contribution is 2.26. The predicted octanol–water partition coefficient (Wildman–Crippen LogP) is 2.45. The summed E-state index contributed by atoms with van der Waals surface area (Å²) in [5, 5.41) is 3.13. The van der Waals surface area contributed by atoms with Crippen LogP contribution in [-0.4, -0.2) is 29.9 Å². The zero-order valence-corrected chi connectivity index (χ0v) is 12.6. The van der Waals surface area contributed by atoms with Crippen LogP contribution < -0.4 is 11.1 Å². The second-order valence-corrected chi connectivity index (χ2v) is 5.64. The van der Waals surface area contributed by atoms with Gasteiger partial charge in [-0.3, -0.25) is 4.79 Å². The molecule has 1 atom stereocenters. The maximum Gasteiger partial charge on any atom is 0.312 e. The van der Waals surface area contributed by atoms with Gasteiger partial charge in [0.25, 0.3) is 0 Å². The van der Waals surface area contributed by atoms with E-state index in [0.29, 0.717) is 10.6 Å². The molecule has 0 aromatic heterocycles. The van der Waals surface area contributed by atoms with Gasteiger partial charge in [0.2, 0.25) is 5.91 Å². The molecule has 0 unspecified atom stereocenters. The monoisotopic (exact) mass is 309 g/mol. The number of carbonyl (C=O) groups excluding carboxylic acids is 2. The van der Waals surface area contributed by atoms with Crippen molar-refractivity contribution in [3.63, 3.8) is 0 Å². The van der Waals surface area contributed by atoms with E-state index >= 15 is 0 Å². The van der Waals surface area contributed by atoms with Crippen LogP contribution >= 0.6 is 11.6 Å². The molecule has 0 aliphatic carbocycles. The number of benzene rings is 1. The van der Waals surface area contributed by atoms with Crippen molar-refractivity contribution in [3.8, 4) is 0 Å². The quantitative estimate of drug-likeness (QED) is 0.896. The molecule has 5 nitrogen and oxygen atoms in total. The summed E-state index contributed by atoms with van der Waals surface area (Å²) >= 11 is 6.15. The Balaban J connectivity index is 2.11. The summed E-state index contributed by atoms with van der Waals surface area (Å²) < 4.78 is 0. The van der Waals surface area contributed by atoms with Crippen LogP contribution in [0, 0.1) is 0 Å². The van der Waals surface area contributed by atoms with E-state index in [2.05, 4.69) is 5.32 Å². The van der Waals surface area contributed by atoms with Crippen LogP contribution in [-0.2, 0) is 4.79 Å². The van der Waals surface area contributed by atoms with E-state index in [1.54, 1.807) is 18.2 Å². The Hall–Kier alpha value is -1.75. The highest BCUT2D eigenvalue weighted by Gasteiger charge is 2.23. The van der Waals surface area contributed by atoms with Crippen LogP contribution in [0.1, 0.15) is 37.3 Å². The number of piperidine rings is 1. The number of hydrogen-bond donors (Lipinski definition) is 2. The lowest BCUT2D eigenvalue weighted by molar-refractivity contribution is -0.132. The van der Waals surface area contributed by atoms with E-state index in [-0.39, 0.29) is 12.3 Å². The van der Waals surface area contributed by atoms with Crippen molar-refractivity contribution in [2.24, 2.45) is 5.73 Å². The molecule has 2 rings (SSSR count). The number of amides is 3. The Morgan fingerprint density at radius 1 is 1.24 bits per heavy atom. The maximum absolute atomic E-state index is 12.4. The molecule has 0 bridgehead atoms. The van der Waals surface area contributed by atoms with E-state index in [1.807, 2.05) is 11.0 Å². The topological polar surface area (TPSA) is 75.4 Å². The fraction of sp³-hybridized carbons (Fsp3) is 0.467. The van der Waals surface area contributed by atoms with E-state index in [0.717, 1.165) is 32.4 Å². The summed E-state index contributed by atoms with van der Waals surface area (Å²) in [5.41, 5.74) is 5.93. The minimum absolute atomic E-state index is 0.0216. The number of nitrogens with two attached hydrogens (primary N) is 1. The largest absolute Gasteiger partial charge is 0.352 e. The summed E-state index contributed by atoms with van der Waals surface area (Å²) in [6, 6.07) is 6.00. The summed E-state index contributed by atoms with van der Waals surface area (Å²) in [7, 11) is 0. The molecular formula is C15H20ClN3O2. The third-order valence-electron chi connectivity index (χ3n) is 3.68. The van der Waals surface area contributed by atoms with Crippen LogP contribution in [0.3, 0.4) is 0 Å². The zero-order valence-electron chi connectivity index (χ0n) is 11.8. The van der Waals surface area contributed by atoms with Gasteiger partial charge in [-0.05, 0) is 30.9 Å². The van der Waals surface area contributed by atoms with Gasteiger partial charge in [-0.25, -0.2) is 4.79 Å². The van der Waals surface area contributed by atoms with Crippen molar-refractivity contribution in [1.29, 1.82) is 0 Å². The summed E-state index contributed by atoms with van der Waals surface area (Å²) in [4.78, 5) is 25.4. The number of urea groups is 1. The average molecular weight is 310 g/mol. The molecule has 0 spiro atoms. The third-order valence-corrected chi connectivity index (χ3v) is 4.03. The Morgan fingerprint density at radius 3 is 2.52 bits per heavy atom. The highest BCUT2D eigenvalue weighted by molar-refractivity contribution is 6.31. The van der Waals surface area contributed by atoms with Crippen LogP contribution in [0.2, 0.25) is 5.02 Å². The number of carbonyl (C=O) groups is 2. The SMILES string of the molecule is NC(=O)N[C@@H](CC(=O)N1CCCCC1)c1ccccc1Cl. The average Bonchev–Trinajstić information content (AvgIpc) is 2.47. The molecule has 1 aliphatic heterocycles. The van der Waals surface area contributed by atoms with Gasteiger partial charge in [0, 0.05) is 18.1 Å². The lowest BCUT2D eigenvalue weighted by Gasteiger charge is -2.29. The Bertz CT molecular complexity index is 515. The van der Waals surface area contributed by atoms with E-state index in [4.69, 9.17) is 17.3 Å². The number of hydrogen-bond acceptors (Lipinski definition) is 2. The minimum Gasteiger partial charge on any atom is -0.352 e. The number of primary amides is 1. The van der Waals surface area contributed by atoms with Gasteiger partial charge in [-0.1, -0.05) is 29.8 Å². The lowest BCUT2D eigenvalue weighted by atomic mass is 10.0. The van der Waals surface area contributed by atoms with Crippen molar-refractivity contribution in [2.75, 3.05) is 13.1 Å². The molecule has 3 N–H and O–H groups in total. The molecule has 0 radical (unpaired) electrons. The molecule has 3 amide bonds. The molecule has 6 heteroatoms. The summed E-state index contributed by atoms with van der Waals surface area (Å²) in [5.74, 6) is 0.0216. The molecule has 1 aliphatic rings. The Morgan fingerprint density at radius 2 is 1.90 bits per heavy atom.